The van der Waals surface area contributed by atoms with Crippen molar-refractivity contribution in [3.05, 3.63) is 29.8 Å². The molecule has 0 saturated heterocycles. The Labute approximate surface area is 122 Å². The summed E-state index contributed by atoms with van der Waals surface area (Å²) in [6, 6.07) is 8.46. The van der Waals surface area contributed by atoms with E-state index in [0.717, 1.165) is 31.1 Å². The Morgan fingerprint density at radius 3 is 2.75 bits per heavy atom. The lowest BCUT2D eigenvalue weighted by molar-refractivity contribution is 0.307. The second kappa shape index (κ2) is 8.28. The number of para-hydroxylation sites is 1. The van der Waals surface area contributed by atoms with E-state index in [1.807, 2.05) is 12.1 Å². The third kappa shape index (κ3) is 4.22. The number of benzene rings is 1. The van der Waals surface area contributed by atoms with Crippen LogP contribution in [0.15, 0.2) is 24.3 Å². The molecule has 1 aromatic carbocycles. The molecular formula is C17H28N2O. The van der Waals surface area contributed by atoms with E-state index in [9.17, 15) is 0 Å². The first kappa shape index (κ1) is 15.3. The maximum absolute atomic E-state index is 5.85. The Kier molecular flexibility index (Phi) is 6.34. The van der Waals surface area contributed by atoms with Gasteiger partial charge < -0.3 is 4.74 Å². The number of ether oxygens (including phenoxy) is 1. The molecule has 3 nitrogen and oxygen atoms in total. The SMILES string of the molecule is CCCOc1ccccc1C(CCC1CCCC1)NN. The first-order valence-electron chi connectivity index (χ1n) is 8.03. The van der Waals surface area contributed by atoms with Gasteiger partial charge in [0.25, 0.3) is 0 Å². The zero-order valence-electron chi connectivity index (χ0n) is 12.6. The smallest absolute Gasteiger partial charge is 0.124 e. The van der Waals surface area contributed by atoms with Gasteiger partial charge in [-0.15, -0.1) is 0 Å². The summed E-state index contributed by atoms with van der Waals surface area (Å²) in [6.07, 6.45) is 8.97. The summed E-state index contributed by atoms with van der Waals surface area (Å²) in [5, 5.41) is 0. The van der Waals surface area contributed by atoms with Crippen LogP contribution in [0.2, 0.25) is 0 Å². The van der Waals surface area contributed by atoms with E-state index in [1.54, 1.807) is 0 Å². The Bertz CT molecular complexity index is 388. The highest BCUT2D eigenvalue weighted by Crippen LogP contribution is 2.33. The van der Waals surface area contributed by atoms with Gasteiger partial charge in [-0.2, -0.15) is 0 Å². The molecular weight excluding hydrogens is 248 g/mol. The van der Waals surface area contributed by atoms with Crippen molar-refractivity contribution in [1.29, 1.82) is 0 Å². The van der Waals surface area contributed by atoms with Crippen molar-refractivity contribution >= 4 is 0 Å². The molecule has 3 N–H and O–H groups in total. The molecule has 3 heteroatoms. The van der Waals surface area contributed by atoms with Crippen LogP contribution in [0.5, 0.6) is 5.75 Å². The summed E-state index contributed by atoms with van der Waals surface area (Å²) in [5.74, 6) is 7.65. The van der Waals surface area contributed by atoms with Gasteiger partial charge in [-0.05, 0) is 31.2 Å². The molecule has 0 aliphatic heterocycles. The molecule has 0 aromatic heterocycles. The van der Waals surface area contributed by atoms with Gasteiger partial charge >= 0.3 is 0 Å². The Hall–Kier alpha value is -1.06. The normalized spacial score (nSPS) is 17.3. The van der Waals surface area contributed by atoms with E-state index in [1.165, 1.54) is 37.7 Å². The van der Waals surface area contributed by atoms with Crippen LogP contribution in [0.3, 0.4) is 0 Å². The molecule has 2 rings (SSSR count). The summed E-state index contributed by atoms with van der Waals surface area (Å²) in [5.41, 5.74) is 4.17. The summed E-state index contributed by atoms with van der Waals surface area (Å²) in [4.78, 5) is 0. The van der Waals surface area contributed by atoms with Gasteiger partial charge in [0.05, 0.1) is 6.61 Å². The van der Waals surface area contributed by atoms with Crippen LogP contribution in [0.1, 0.15) is 63.5 Å². The van der Waals surface area contributed by atoms with Gasteiger partial charge in [-0.1, -0.05) is 50.8 Å². The maximum Gasteiger partial charge on any atom is 0.124 e. The quantitative estimate of drug-likeness (QED) is 0.558. The van der Waals surface area contributed by atoms with E-state index in [-0.39, 0.29) is 6.04 Å². The predicted molar refractivity (Wildman–Crippen MR) is 83.5 cm³/mol. The average Bonchev–Trinajstić information content (AvgIpc) is 3.00. The zero-order valence-corrected chi connectivity index (χ0v) is 12.6. The van der Waals surface area contributed by atoms with Crippen LogP contribution in [0.4, 0.5) is 0 Å². The molecule has 0 radical (unpaired) electrons. The lowest BCUT2D eigenvalue weighted by Gasteiger charge is -2.21. The highest BCUT2D eigenvalue weighted by atomic mass is 16.5. The fraction of sp³-hybridized carbons (Fsp3) is 0.647. The minimum atomic E-state index is 0.198. The molecule has 1 fully saturated rings. The third-order valence-corrected chi connectivity index (χ3v) is 4.30. The van der Waals surface area contributed by atoms with Crippen molar-refractivity contribution in [2.45, 2.75) is 57.9 Å². The molecule has 1 unspecified atom stereocenters. The lowest BCUT2D eigenvalue weighted by Crippen LogP contribution is -2.28. The largest absolute Gasteiger partial charge is 0.493 e. The number of hydrogen-bond acceptors (Lipinski definition) is 3. The Morgan fingerprint density at radius 2 is 2.05 bits per heavy atom. The molecule has 0 amide bonds. The van der Waals surface area contributed by atoms with Gasteiger partial charge in [-0.3, -0.25) is 11.3 Å². The van der Waals surface area contributed by atoms with Crippen LogP contribution < -0.4 is 16.0 Å². The van der Waals surface area contributed by atoms with Crippen molar-refractivity contribution in [3.8, 4) is 5.75 Å². The Morgan fingerprint density at radius 1 is 1.30 bits per heavy atom. The maximum atomic E-state index is 5.85. The lowest BCUT2D eigenvalue weighted by atomic mass is 9.94. The minimum absolute atomic E-state index is 0.198. The van der Waals surface area contributed by atoms with Crippen LogP contribution in [0, 0.1) is 5.92 Å². The van der Waals surface area contributed by atoms with E-state index in [0.29, 0.717) is 0 Å². The van der Waals surface area contributed by atoms with Crippen LogP contribution in [-0.2, 0) is 0 Å². The van der Waals surface area contributed by atoms with E-state index in [2.05, 4.69) is 24.5 Å². The summed E-state index contributed by atoms with van der Waals surface area (Å²) >= 11 is 0. The van der Waals surface area contributed by atoms with Crippen molar-refractivity contribution in [3.63, 3.8) is 0 Å². The standard InChI is InChI=1S/C17H28N2O/c1-2-13-20-17-10-6-5-9-15(17)16(19-18)12-11-14-7-3-4-8-14/h5-6,9-10,14,16,19H,2-4,7-8,11-13,18H2,1H3. The number of rotatable bonds is 8. The van der Waals surface area contributed by atoms with Crippen molar-refractivity contribution in [2.75, 3.05) is 6.61 Å². The van der Waals surface area contributed by atoms with Crippen LogP contribution in [0.25, 0.3) is 0 Å². The second-order valence-corrected chi connectivity index (χ2v) is 5.83. The van der Waals surface area contributed by atoms with Crippen LogP contribution >= 0.6 is 0 Å². The van der Waals surface area contributed by atoms with E-state index >= 15 is 0 Å². The molecule has 112 valence electrons. The molecule has 1 atom stereocenters. The number of nitrogens with two attached hydrogens (primary N) is 1. The summed E-state index contributed by atoms with van der Waals surface area (Å²) < 4.78 is 5.85. The third-order valence-electron chi connectivity index (χ3n) is 4.30. The molecule has 0 spiro atoms. The number of hydrazine groups is 1. The first-order valence-corrected chi connectivity index (χ1v) is 8.03. The Balaban J connectivity index is 1.98. The molecule has 1 aliphatic rings. The number of nitrogens with one attached hydrogen (secondary N) is 1. The zero-order chi connectivity index (χ0) is 14.2. The fourth-order valence-corrected chi connectivity index (χ4v) is 3.14. The van der Waals surface area contributed by atoms with Gasteiger partial charge in [0.15, 0.2) is 0 Å². The summed E-state index contributed by atoms with van der Waals surface area (Å²) in [6.45, 7) is 2.89. The van der Waals surface area contributed by atoms with E-state index in [4.69, 9.17) is 10.6 Å². The molecule has 1 aromatic rings. The number of hydrogen-bond donors (Lipinski definition) is 2. The minimum Gasteiger partial charge on any atom is -0.493 e. The molecule has 1 aliphatic carbocycles. The first-order chi connectivity index (χ1) is 9.85. The van der Waals surface area contributed by atoms with Crippen molar-refractivity contribution in [1.82, 2.24) is 5.43 Å². The highest BCUT2D eigenvalue weighted by molar-refractivity contribution is 5.35. The van der Waals surface area contributed by atoms with Gasteiger partial charge in [0, 0.05) is 11.6 Å². The average molecular weight is 276 g/mol. The van der Waals surface area contributed by atoms with Gasteiger partial charge in [0.2, 0.25) is 0 Å². The van der Waals surface area contributed by atoms with Crippen molar-refractivity contribution < 1.29 is 4.74 Å². The molecule has 1 saturated carbocycles. The van der Waals surface area contributed by atoms with Gasteiger partial charge in [0.1, 0.15) is 5.75 Å². The highest BCUT2D eigenvalue weighted by Gasteiger charge is 2.19. The molecule has 0 heterocycles. The van der Waals surface area contributed by atoms with Gasteiger partial charge in [-0.25, -0.2) is 0 Å². The van der Waals surface area contributed by atoms with Crippen molar-refractivity contribution in [2.24, 2.45) is 11.8 Å². The summed E-state index contributed by atoms with van der Waals surface area (Å²) in [7, 11) is 0. The second-order valence-electron chi connectivity index (χ2n) is 5.83. The van der Waals surface area contributed by atoms with Crippen LogP contribution in [-0.4, -0.2) is 6.61 Å². The monoisotopic (exact) mass is 276 g/mol. The van der Waals surface area contributed by atoms with E-state index < -0.39 is 0 Å². The molecule has 0 bridgehead atoms. The predicted octanol–water partition coefficient (Wildman–Crippen LogP) is 3.95. The topological polar surface area (TPSA) is 47.3 Å². The molecule has 20 heavy (non-hydrogen) atoms. The fourth-order valence-electron chi connectivity index (χ4n) is 3.14.